The van der Waals surface area contributed by atoms with Gasteiger partial charge in [0.15, 0.2) is 5.16 Å². The first-order valence-corrected chi connectivity index (χ1v) is 8.36. The Labute approximate surface area is 135 Å². The van der Waals surface area contributed by atoms with Gasteiger partial charge in [0.25, 0.3) is 0 Å². The van der Waals surface area contributed by atoms with Gasteiger partial charge in [-0.05, 0) is 24.3 Å². The second-order valence-electron chi connectivity index (χ2n) is 4.15. The van der Waals surface area contributed by atoms with Gasteiger partial charge < -0.3 is 4.74 Å². The lowest BCUT2D eigenvalue weighted by atomic mass is 10.3. The molecular weight excluding hydrogens is 326 g/mol. The smallest absolute Gasteiger partial charge is 0.196 e. The van der Waals surface area contributed by atoms with Crippen LogP contribution in [-0.2, 0) is 5.75 Å². The second-order valence-corrected chi connectivity index (χ2v) is 6.89. The Morgan fingerprint density at radius 2 is 2.14 bits per heavy atom. The lowest BCUT2D eigenvalue weighted by Gasteiger charge is -2.10. The minimum Gasteiger partial charge on any atom is -0.495 e. The fourth-order valence-electron chi connectivity index (χ4n) is 1.88. The van der Waals surface area contributed by atoms with Crippen molar-refractivity contribution in [3.05, 3.63) is 51.9 Å². The molecule has 4 nitrogen and oxygen atoms in total. The number of benzene rings is 1. The van der Waals surface area contributed by atoms with Crippen molar-refractivity contribution in [1.29, 1.82) is 0 Å². The number of hydrogen-bond acceptors (Lipinski definition) is 5. The van der Waals surface area contributed by atoms with Crippen LogP contribution in [0, 0.1) is 0 Å². The van der Waals surface area contributed by atoms with Crippen LogP contribution in [0.4, 0.5) is 0 Å². The summed E-state index contributed by atoms with van der Waals surface area (Å²) in [7, 11) is 1.66. The Bertz CT molecular complexity index is 741. The summed E-state index contributed by atoms with van der Waals surface area (Å²) in [6.45, 7) is 0. The van der Waals surface area contributed by atoms with Crippen molar-refractivity contribution in [2.24, 2.45) is 0 Å². The van der Waals surface area contributed by atoms with Gasteiger partial charge in [-0.15, -0.1) is 21.5 Å². The monoisotopic (exact) mass is 337 g/mol. The van der Waals surface area contributed by atoms with Crippen LogP contribution in [0.5, 0.6) is 5.75 Å². The van der Waals surface area contributed by atoms with Crippen LogP contribution in [0.3, 0.4) is 0 Å². The molecule has 0 radical (unpaired) electrons. The summed E-state index contributed by atoms with van der Waals surface area (Å²) < 4.78 is 8.12. The SMILES string of the molecule is COc1ccccc1-n1cnnc1SCc1ccc(Cl)s1. The van der Waals surface area contributed by atoms with E-state index in [0.29, 0.717) is 0 Å². The van der Waals surface area contributed by atoms with Crippen LogP contribution in [0.1, 0.15) is 4.88 Å². The highest BCUT2D eigenvalue weighted by Crippen LogP contribution is 2.31. The molecule has 0 spiro atoms. The molecule has 2 aromatic heterocycles. The predicted molar refractivity (Wildman–Crippen MR) is 86.8 cm³/mol. The van der Waals surface area contributed by atoms with Gasteiger partial charge in [0.2, 0.25) is 0 Å². The molecule has 0 aliphatic rings. The first kappa shape index (κ1) is 14.4. The van der Waals surface area contributed by atoms with Crippen molar-refractivity contribution in [2.75, 3.05) is 7.11 Å². The number of methoxy groups -OCH3 is 1. The molecule has 0 saturated heterocycles. The molecule has 0 bridgehead atoms. The van der Waals surface area contributed by atoms with E-state index in [1.54, 1.807) is 36.5 Å². The van der Waals surface area contributed by atoms with Crippen molar-refractivity contribution < 1.29 is 4.74 Å². The average Bonchev–Trinajstić information content (AvgIpc) is 3.13. The highest BCUT2D eigenvalue weighted by molar-refractivity contribution is 7.98. The van der Waals surface area contributed by atoms with E-state index >= 15 is 0 Å². The molecule has 0 N–H and O–H groups in total. The third-order valence-electron chi connectivity index (χ3n) is 2.83. The number of hydrogen-bond donors (Lipinski definition) is 0. The quantitative estimate of drug-likeness (QED) is 0.651. The minimum absolute atomic E-state index is 0.790. The Kier molecular flexibility index (Phi) is 4.48. The first-order valence-electron chi connectivity index (χ1n) is 6.18. The molecule has 0 amide bonds. The maximum atomic E-state index is 5.95. The van der Waals surface area contributed by atoms with Crippen LogP contribution in [0.25, 0.3) is 5.69 Å². The molecule has 1 aromatic carbocycles. The highest BCUT2D eigenvalue weighted by atomic mass is 35.5. The van der Waals surface area contributed by atoms with Crippen LogP contribution < -0.4 is 4.74 Å². The van der Waals surface area contributed by atoms with Gasteiger partial charge in [0, 0.05) is 10.6 Å². The van der Waals surface area contributed by atoms with E-state index in [0.717, 1.165) is 26.7 Å². The van der Waals surface area contributed by atoms with Gasteiger partial charge in [0.05, 0.1) is 17.1 Å². The number of halogens is 1. The molecule has 3 rings (SSSR count). The molecule has 2 heterocycles. The number of rotatable bonds is 5. The van der Waals surface area contributed by atoms with E-state index in [1.165, 1.54) is 4.88 Å². The zero-order valence-electron chi connectivity index (χ0n) is 11.2. The molecule has 108 valence electrons. The number of ether oxygens (including phenoxy) is 1. The Morgan fingerprint density at radius 3 is 2.90 bits per heavy atom. The molecule has 0 aliphatic carbocycles. The highest BCUT2D eigenvalue weighted by Gasteiger charge is 2.11. The molecule has 7 heteroatoms. The van der Waals surface area contributed by atoms with Crippen LogP contribution in [0.15, 0.2) is 47.9 Å². The summed E-state index contributed by atoms with van der Waals surface area (Å²) in [5, 5.41) is 9.01. The standard InChI is InChI=1S/C14H12ClN3OS2/c1-19-12-5-3-2-4-11(12)18-9-16-17-14(18)20-8-10-6-7-13(15)21-10/h2-7,9H,8H2,1H3. The number of aromatic nitrogens is 3. The Balaban J connectivity index is 1.83. The van der Waals surface area contributed by atoms with Gasteiger partial charge in [-0.25, -0.2) is 0 Å². The zero-order chi connectivity index (χ0) is 14.7. The maximum absolute atomic E-state index is 5.95. The van der Waals surface area contributed by atoms with E-state index in [-0.39, 0.29) is 0 Å². The average molecular weight is 338 g/mol. The van der Waals surface area contributed by atoms with Gasteiger partial charge in [-0.3, -0.25) is 4.57 Å². The maximum Gasteiger partial charge on any atom is 0.196 e. The van der Waals surface area contributed by atoms with Crippen molar-refractivity contribution in [2.45, 2.75) is 10.9 Å². The molecule has 0 unspecified atom stereocenters. The lowest BCUT2D eigenvalue weighted by molar-refractivity contribution is 0.412. The molecule has 0 saturated carbocycles. The van der Waals surface area contributed by atoms with E-state index in [1.807, 2.05) is 41.0 Å². The predicted octanol–water partition coefficient (Wildman–Crippen LogP) is 4.28. The molecule has 0 atom stereocenters. The third kappa shape index (κ3) is 3.23. The molecule has 0 fully saturated rings. The fraction of sp³-hybridized carbons (Fsp3) is 0.143. The topological polar surface area (TPSA) is 39.9 Å². The van der Waals surface area contributed by atoms with Gasteiger partial charge in [-0.1, -0.05) is 35.5 Å². The van der Waals surface area contributed by atoms with E-state index in [4.69, 9.17) is 16.3 Å². The summed E-state index contributed by atoms with van der Waals surface area (Å²) >= 11 is 9.15. The summed E-state index contributed by atoms with van der Waals surface area (Å²) in [6, 6.07) is 11.7. The van der Waals surface area contributed by atoms with Gasteiger partial charge in [-0.2, -0.15) is 0 Å². The Hall–Kier alpha value is -1.50. The van der Waals surface area contributed by atoms with Crippen molar-refractivity contribution in [3.8, 4) is 11.4 Å². The van der Waals surface area contributed by atoms with Crippen LogP contribution in [0.2, 0.25) is 4.34 Å². The second kappa shape index (κ2) is 6.51. The molecular formula is C14H12ClN3OS2. The number of para-hydroxylation sites is 2. The first-order chi connectivity index (χ1) is 10.3. The fourth-order valence-corrected chi connectivity index (χ4v) is 3.93. The molecule has 0 aliphatic heterocycles. The van der Waals surface area contributed by atoms with Crippen molar-refractivity contribution in [3.63, 3.8) is 0 Å². The van der Waals surface area contributed by atoms with E-state index in [2.05, 4.69) is 10.2 Å². The summed E-state index contributed by atoms with van der Waals surface area (Å²) in [6.07, 6.45) is 1.70. The van der Waals surface area contributed by atoms with Crippen LogP contribution in [-0.4, -0.2) is 21.9 Å². The zero-order valence-corrected chi connectivity index (χ0v) is 13.6. The van der Waals surface area contributed by atoms with Gasteiger partial charge >= 0.3 is 0 Å². The number of thiophene rings is 1. The number of nitrogens with zero attached hydrogens (tertiary/aromatic N) is 3. The van der Waals surface area contributed by atoms with Crippen molar-refractivity contribution in [1.82, 2.24) is 14.8 Å². The lowest BCUT2D eigenvalue weighted by Crippen LogP contribution is -1.98. The summed E-state index contributed by atoms with van der Waals surface area (Å²) in [5.41, 5.74) is 0.928. The number of thioether (sulfide) groups is 1. The van der Waals surface area contributed by atoms with Crippen molar-refractivity contribution >= 4 is 34.7 Å². The summed E-state index contributed by atoms with van der Waals surface area (Å²) in [5.74, 6) is 1.60. The Morgan fingerprint density at radius 1 is 1.29 bits per heavy atom. The van der Waals surface area contributed by atoms with Crippen LogP contribution >= 0.6 is 34.7 Å². The largest absolute Gasteiger partial charge is 0.495 e. The normalized spacial score (nSPS) is 10.8. The van der Waals surface area contributed by atoms with E-state index in [9.17, 15) is 0 Å². The summed E-state index contributed by atoms with van der Waals surface area (Å²) in [4.78, 5) is 1.21. The minimum atomic E-state index is 0.790. The van der Waals surface area contributed by atoms with Gasteiger partial charge in [0.1, 0.15) is 12.1 Å². The molecule has 3 aromatic rings. The van der Waals surface area contributed by atoms with E-state index < -0.39 is 0 Å². The molecule has 21 heavy (non-hydrogen) atoms. The third-order valence-corrected chi connectivity index (χ3v) is 5.24.